The molecule has 0 aromatic heterocycles. The number of methoxy groups -OCH3 is 1. The number of esters is 1. The largest absolute Gasteiger partial charge is 0.497 e. The molecular formula is C26H32F3NO3. The monoisotopic (exact) mass is 463 g/mol. The molecule has 2 aromatic carbocycles. The molecule has 3 rings (SSSR count). The number of aryl methyl sites for hydroxylation is 1. The number of alkyl halides is 3. The van der Waals surface area contributed by atoms with Crippen molar-refractivity contribution in [3.05, 3.63) is 53.1 Å². The molecule has 0 N–H and O–H groups in total. The second-order valence-electron chi connectivity index (χ2n) is 10.6. The van der Waals surface area contributed by atoms with Crippen LogP contribution < -0.4 is 14.4 Å². The van der Waals surface area contributed by atoms with Gasteiger partial charge < -0.3 is 14.4 Å². The number of nitrogens with zero attached hydrogens (tertiary/aromatic N) is 1. The van der Waals surface area contributed by atoms with Gasteiger partial charge in [0.25, 0.3) is 0 Å². The van der Waals surface area contributed by atoms with Crippen molar-refractivity contribution in [3.8, 4) is 11.5 Å². The van der Waals surface area contributed by atoms with Crippen LogP contribution in [0.4, 0.5) is 18.9 Å². The minimum atomic E-state index is -4.57. The van der Waals surface area contributed by atoms with Gasteiger partial charge in [-0.1, -0.05) is 59.2 Å². The molecule has 4 nitrogen and oxygen atoms in total. The molecule has 1 heterocycles. The van der Waals surface area contributed by atoms with E-state index in [1.165, 1.54) is 19.2 Å². The number of carbonyl (C=O) groups is 1. The molecule has 0 radical (unpaired) electrons. The van der Waals surface area contributed by atoms with E-state index in [2.05, 4.69) is 0 Å². The van der Waals surface area contributed by atoms with Crippen molar-refractivity contribution in [2.75, 3.05) is 12.0 Å². The number of carbonyl (C=O) groups excluding carboxylic acids is 1. The van der Waals surface area contributed by atoms with Crippen molar-refractivity contribution in [3.63, 3.8) is 0 Å². The molecule has 0 bridgehead atoms. The Hall–Kier alpha value is -2.70. The Morgan fingerprint density at radius 1 is 0.909 bits per heavy atom. The number of benzene rings is 2. The van der Waals surface area contributed by atoms with E-state index in [9.17, 15) is 18.0 Å². The van der Waals surface area contributed by atoms with Gasteiger partial charge in [0.15, 0.2) is 12.1 Å². The van der Waals surface area contributed by atoms with Crippen LogP contribution in [0.2, 0.25) is 0 Å². The second-order valence-corrected chi connectivity index (χ2v) is 10.6. The van der Waals surface area contributed by atoms with Crippen LogP contribution in [0.1, 0.15) is 58.2 Å². The summed E-state index contributed by atoms with van der Waals surface area (Å²) >= 11 is 0. The molecule has 7 heteroatoms. The van der Waals surface area contributed by atoms with E-state index >= 15 is 0 Å². The van der Waals surface area contributed by atoms with E-state index in [1.807, 2.05) is 60.6 Å². The van der Waals surface area contributed by atoms with E-state index < -0.39 is 24.2 Å². The van der Waals surface area contributed by atoms with Crippen LogP contribution in [0.25, 0.3) is 0 Å². The van der Waals surface area contributed by atoms with E-state index in [1.54, 1.807) is 12.1 Å². The van der Waals surface area contributed by atoms with Crippen molar-refractivity contribution in [1.82, 2.24) is 0 Å². The van der Waals surface area contributed by atoms with Crippen LogP contribution in [0.15, 0.2) is 36.4 Å². The average Bonchev–Trinajstić information content (AvgIpc) is 3.44. The van der Waals surface area contributed by atoms with Crippen LogP contribution in [0.3, 0.4) is 0 Å². The Morgan fingerprint density at radius 2 is 1.39 bits per heavy atom. The van der Waals surface area contributed by atoms with Gasteiger partial charge in [0.05, 0.1) is 7.11 Å². The smallest absolute Gasteiger partial charge is 0.411 e. The third kappa shape index (κ3) is 5.12. The highest BCUT2D eigenvalue weighted by Crippen LogP contribution is 2.47. The zero-order chi connectivity index (χ0) is 24.9. The van der Waals surface area contributed by atoms with Gasteiger partial charge >= 0.3 is 12.1 Å². The van der Waals surface area contributed by atoms with Crippen molar-refractivity contribution in [2.45, 2.75) is 77.6 Å². The standard InChI is InChI=1S/C26H32F3NO3/c1-15-13-18(24(2,3)4)21(19(14-15)25(5,6)7)33-23(31)20-22(26(27,28)29)30(20)16-9-11-17(32-8)12-10-16/h9-14,20,22H,1-8H3. The lowest BCUT2D eigenvalue weighted by molar-refractivity contribution is -0.142. The lowest BCUT2D eigenvalue weighted by atomic mass is 9.78. The van der Waals surface area contributed by atoms with Crippen LogP contribution in [0.5, 0.6) is 11.5 Å². The summed E-state index contributed by atoms with van der Waals surface area (Å²) in [5.41, 5.74) is 2.14. The summed E-state index contributed by atoms with van der Waals surface area (Å²) in [6.45, 7) is 13.9. The molecule has 1 aliphatic rings. The fourth-order valence-corrected chi connectivity index (χ4v) is 4.04. The maximum absolute atomic E-state index is 13.8. The molecule has 1 aliphatic heterocycles. The summed E-state index contributed by atoms with van der Waals surface area (Å²) in [7, 11) is 1.48. The lowest BCUT2D eigenvalue weighted by Crippen LogP contribution is -2.28. The summed E-state index contributed by atoms with van der Waals surface area (Å²) < 4.78 is 52.3. The molecule has 1 fully saturated rings. The van der Waals surface area contributed by atoms with Gasteiger partial charge in [0.2, 0.25) is 0 Å². The maximum Gasteiger partial charge on any atom is 0.411 e. The van der Waals surface area contributed by atoms with E-state index in [-0.39, 0.29) is 16.5 Å². The second kappa shape index (κ2) is 8.26. The van der Waals surface area contributed by atoms with Crippen LogP contribution in [-0.4, -0.2) is 31.3 Å². The first kappa shape index (κ1) is 24.9. The first-order chi connectivity index (χ1) is 15.1. The normalized spacial score (nSPS) is 18.8. The highest BCUT2D eigenvalue weighted by atomic mass is 19.4. The summed E-state index contributed by atoms with van der Waals surface area (Å²) in [6.07, 6.45) is -4.57. The minimum Gasteiger partial charge on any atom is -0.497 e. The molecule has 0 spiro atoms. The van der Waals surface area contributed by atoms with Crippen molar-refractivity contribution in [2.24, 2.45) is 0 Å². The van der Waals surface area contributed by atoms with Gasteiger partial charge in [-0.15, -0.1) is 0 Å². The number of anilines is 1. The SMILES string of the molecule is COc1ccc(N2C(C(=O)Oc3c(C(C)(C)C)cc(C)cc3C(C)(C)C)C2C(F)(F)F)cc1. The Kier molecular flexibility index (Phi) is 6.24. The molecule has 2 atom stereocenters. The number of ether oxygens (including phenoxy) is 2. The van der Waals surface area contributed by atoms with Gasteiger partial charge in [-0.2, -0.15) is 13.2 Å². The zero-order valence-corrected chi connectivity index (χ0v) is 20.4. The average molecular weight is 464 g/mol. The maximum atomic E-state index is 13.8. The fourth-order valence-electron chi connectivity index (χ4n) is 4.04. The number of halogens is 3. The van der Waals surface area contributed by atoms with E-state index in [4.69, 9.17) is 9.47 Å². The van der Waals surface area contributed by atoms with Gasteiger partial charge in [-0.3, -0.25) is 0 Å². The fraction of sp³-hybridized carbons (Fsp3) is 0.500. The minimum absolute atomic E-state index is 0.288. The predicted molar refractivity (Wildman–Crippen MR) is 123 cm³/mol. The van der Waals surface area contributed by atoms with Gasteiger partial charge in [0, 0.05) is 16.8 Å². The quantitative estimate of drug-likeness (QED) is 0.302. The molecule has 33 heavy (non-hydrogen) atoms. The number of hydrogen-bond donors (Lipinski definition) is 0. The molecular weight excluding hydrogens is 431 g/mol. The first-order valence-electron chi connectivity index (χ1n) is 10.9. The molecule has 1 saturated heterocycles. The topological polar surface area (TPSA) is 38.5 Å². The number of rotatable bonds is 4. The zero-order valence-electron chi connectivity index (χ0n) is 20.4. The van der Waals surface area contributed by atoms with Crippen molar-refractivity contribution in [1.29, 1.82) is 0 Å². The first-order valence-corrected chi connectivity index (χ1v) is 10.9. The summed E-state index contributed by atoms with van der Waals surface area (Å²) in [6, 6.07) is 6.66. The van der Waals surface area contributed by atoms with Crippen molar-refractivity contribution < 1.29 is 27.4 Å². The Bertz CT molecular complexity index is 996. The molecule has 0 amide bonds. The highest BCUT2D eigenvalue weighted by Gasteiger charge is 2.67. The Balaban J connectivity index is 2.02. The summed E-state index contributed by atoms with van der Waals surface area (Å²) in [5, 5.41) is 0. The van der Waals surface area contributed by atoms with Crippen molar-refractivity contribution >= 4 is 11.7 Å². The van der Waals surface area contributed by atoms with Crippen LogP contribution >= 0.6 is 0 Å². The van der Waals surface area contributed by atoms with Crippen LogP contribution in [0, 0.1) is 6.92 Å². The number of hydrogen-bond acceptors (Lipinski definition) is 4. The third-order valence-electron chi connectivity index (χ3n) is 5.81. The molecule has 2 unspecified atom stereocenters. The Labute approximate surface area is 193 Å². The summed E-state index contributed by atoms with van der Waals surface area (Å²) in [5.74, 6) is -0.0336. The molecule has 180 valence electrons. The van der Waals surface area contributed by atoms with Gasteiger partial charge in [-0.05, 0) is 42.0 Å². The Morgan fingerprint density at radius 3 is 1.79 bits per heavy atom. The predicted octanol–water partition coefficient (Wildman–Crippen LogP) is 6.32. The lowest BCUT2D eigenvalue weighted by Gasteiger charge is -2.29. The van der Waals surface area contributed by atoms with E-state index in [0.29, 0.717) is 11.5 Å². The van der Waals surface area contributed by atoms with E-state index in [0.717, 1.165) is 21.6 Å². The molecule has 2 aromatic rings. The highest BCUT2D eigenvalue weighted by molar-refractivity contribution is 5.90. The molecule has 0 saturated carbocycles. The van der Waals surface area contributed by atoms with Crippen LogP contribution in [-0.2, 0) is 15.6 Å². The third-order valence-corrected chi connectivity index (χ3v) is 5.81. The molecule has 0 aliphatic carbocycles. The van der Waals surface area contributed by atoms with Gasteiger partial charge in [0.1, 0.15) is 11.5 Å². The summed E-state index contributed by atoms with van der Waals surface area (Å²) in [4.78, 5) is 14.2. The van der Waals surface area contributed by atoms with Gasteiger partial charge in [-0.25, -0.2) is 4.79 Å².